The Morgan fingerprint density at radius 1 is 1.18 bits per heavy atom. The van der Waals surface area contributed by atoms with E-state index in [0.717, 1.165) is 5.56 Å². The highest BCUT2D eigenvalue weighted by molar-refractivity contribution is 5.90. The van der Waals surface area contributed by atoms with Crippen molar-refractivity contribution in [2.45, 2.75) is 13.5 Å². The maximum absolute atomic E-state index is 12.0. The quantitative estimate of drug-likeness (QED) is 0.714. The lowest BCUT2D eigenvalue weighted by Crippen LogP contribution is -3.00. The second-order valence-electron chi connectivity index (χ2n) is 4.67. The third-order valence-corrected chi connectivity index (χ3v) is 3.00. The third-order valence-electron chi connectivity index (χ3n) is 3.00. The van der Waals surface area contributed by atoms with Gasteiger partial charge in [-0.25, -0.2) is 0 Å². The third kappa shape index (κ3) is 4.63. The van der Waals surface area contributed by atoms with Gasteiger partial charge in [0.1, 0.15) is 0 Å². The zero-order valence-electron chi connectivity index (χ0n) is 12.8. The number of anilines is 1. The van der Waals surface area contributed by atoms with Gasteiger partial charge in [0.05, 0.1) is 14.2 Å². The van der Waals surface area contributed by atoms with Crippen molar-refractivity contribution >= 4 is 11.6 Å². The summed E-state index contributed by atoms with van der Waals surface area (Å²) in [5.41, 5.74) is 1.78. The summed E-state index contributed by atoms with van der Waals surface area (Å²) in [7, 11) is 3.14. The van der Waals surface area contributed by atoms with Crippen molar-refractivity contribution in [2.75, 3.05) is 19.5 Å². The number of hydrogen-bond donors (Lipinski definition) is 1. The van der Waals surface area contributed by atoms with Gasteiger partial charge in [0.25, 0.3) is 5.91 Å². The van der Waals surface area contributed by atoms with Crippen LogP contribution in [0.2, 0.25) is 0 Å². The zero-order valence-corrected chi connectivity index (χ0v) is 13.6. The molecule has 0 saturated carbocycles. The number of carbonyl (C=O) groups is 1. The first-order chi connectivity index (χ1) is 10.1. The number of nitrogens with one attached hydrogen (secondary N) is 1. The molecule has 1 aromatic heterocycles. The van der Waals surface area contributed by atoms with Gasteiger partial charge in [0.2, 0.25) is 6.54 Å². The van der Waals surface area contributed by atoms with Crippen LogP contribution in [-0.2, 0) is 11.3 Å². The average molecular weight is 323 g/mol. The van der Waals surface area contributed by atoms with Gasteiger partial charge >= 0.3 is 0 Å². The fourth-order valence-electron chi connectivity index (χ4n) is 2.03. The van der Waals surface area contributed by atoms with Crippen molar-refractivity contribution in [3.8, 4) is 11.5 Å². The molecule has 1 amide bonds. The predicted molar refractivity (Wildman–Crippen MR) is 79.5 cm³/mol. The van der Waals surface area contributed by atoms with E-state index in [-0.39, 0.29) is 24.9 Å². The van der Waals surface area contributed by atoms with Crippen LogP contribution in [0, 0.1) is 6.92 Å². The van der Waals surface area contributed by atoms with E-state index in [0.29, 0.717) is 17.2 Å². The number of benzene rings is 1. The molecule has 0 unspecified atom stereocenters. The van der Waals surface area contributed by atoms with Gasteiger partial charge in [-0.3, -0.25) is 4.79 Å². The Labute approximate surface area is 136 Å². The van der Waals surface area contributed by atoms with Gasteiger partial charge in [0.15, 0.2) is 23.9 Å². The number of carbonyl (C=O) groups excluding carboxylic acids is 1. The molecule has 0 aliphatic rings. The molecular weight excluding hydrogens is 304 g/mol. The molecule has 22 heavy (non-hydrogen) atoms. The van der Waals surface area contributed by atoms with Crippen LogP contribution < -0.4 is 31.8 Å². The number of aryl methyl sites for hydroxylation is 1. The fraction of sp³-hybridized carbons (Fsp3) is 0.250. The summed E-state index contributed by atoms with van der Waals surface area (Å²) < 4.78 is 12.2. The maximum Gasteiger partial charge on any atom is 0.290 e. The van der Waals surface area contributed by atoms with E-state index in [4.69, 9.17) is 9.47 Å². The first kappa shape index (κ1) is 17.8. The number of nitrogens with zero attached hydrogens (tertiary/aromatic N) is 1. The second kappa shape index (κ2) is 8.24. The van der Waals surface area contributed by atoms with E-state index >= 15 is 0 Å². The van der Waals surface area contributed by atoms with Crippen LogP contribution in [-0.4, -0.2) is 20.1 Å². The lowest BCUT2D eigenvalue weighted by Gasteiger charge is -2.09. The number of ether oxygens (including phenoxy) is 2. The van der Waals surface area contributed by atoms with Crippen LogP contribution >= 0.6 is 0 Å². The van der Waals surface area contributed by atoms with Gasteiger partial charge in [-0.1, -0.05) is 0 Å². The second-order valence-corrected chi connectivity index (χ2v) is 4.67. The summed E-state index contributed by atoms with van der Waals surface area (Å²) in [5.74, 6) is 1.11. The molecule has 0 atom stereocenters. The van der Waals surface area contributed by atoms with Crippen molar-refractivity contribution in [3.63, 3.8) is 0 Å². The van der Waals surface area contributed by atoms with Crippen LogP contribution in [0.3, 0.4) is 0 Å². The van der Waals surface area contributed by atoms with Crippen LogP contribution in [0.25, 0.3) is 0 Å². The highest BCUT2D eigenvalue weighted by Gasteiger charge is 2.11. The van der Waals surface area contributed by atoms with Gasteiger partial charge in [-0.2, -0.15) is 4.57 Å². The molecule has 1 heterocycles. The highest BCUT2D eigenvalue weighted by Crippen LogP contribution is 2.29. The van der Waals surface area contributed by atoms with Crippen LogP contribution in [0.15, 0.2) is 42.7 Å². The van der Waals surface area contributed by atoms with Gasteiger partial charge in [-0.05, 0) is 25.1 Å². The zero-order chi connectivity index (χ0) is 15.2. The molecule has 2 aromatic rings. The number of methoxy groups -OCH3 is 2. The minimum absolute atomic E-state index is 0. The summed E-state index contributed by atoms with van der Waals surface area (Å²) >= 11 is 0. The normalized spacial score (nSPS) is 9.59. The van der Waals surface area contributed by atoms with Gasteiger partial charge in [0, 0.05) is 23.4 Å². The van der Waals surface area contributed by atoms with Gasteiger partial charge in [-0.15, -0.1) is 0 Å². The first-order valence-electron chi connectivity index (χ1n) is 6.60. The molecule has 1 N–H and O–H groups in total. The maximum atomic E-state index is 12.0. The number of rotatable bonds is 5. The number of aromatic nitrogens is 1. The number of halogens is 1. The van der Waals surface area contributed by atoms with Crippen molar-refractivity contribution < 1.29 is 31.2 Å². The van der Waals surface area contributed by atoms with Crippen molar-refractivity contribution in [1.82, 2.24) is 0 Å². The molecule has 118 valence electrons. The molecule has 0 aliphatic heterocycles. The Bertz CT molecular complexity index is 647. The molecule has 0 bridgehead atoms. The number of hydrogen-bond acceptors (Lipinski definition) is 3. The summed E-state index contributed by atoms with van der Waals surface area (Å²) in [6.45, 7) is 2.25. The van der Waals surface area contributed by atoms with Crippen LogP contribution in [0.4, 0.5) is 5.69 Å². The standard InChI is InChI=1S/C16H18N2O3.ClH/c1-12-5-4-8-18(10-12)11-16(19)17-13-6-7-14(20-2)15(9-13)21-3;/h4-10H,11H2,1-3H3;1H. The van der Waals surface area contributed by atoms with E-state index in [1.807, 2.05) is 36.0 Å². The van der Waals surface area contributed by atoms with E-state index in [1.165, 1.54) is 0 Å². The predicted octanol–water partition coefficient (Wildman–Crippen LogP) is -1.06. The fourth-order valence-corrected chi connectivity index (χ4v) is 2.03. The molecule has 5 nitrogen and oxygen atoms in total. The molecule has 0 radical (unpaired) electrons. The summed E-state index contributed by atoms with van der Waals surface area (Å²) in [6.07, 6.45) is 3.79. The van der Waals surface area contributed by atoms with Crippen LogP contribution in [0.5, 0.6) is 11.5 Å². The molecule has 2 rings (SSSR count). The van der Waals surface area contributed by atoms with E-state index in [9.17, 15) is 4.79 Å². The van der Waals surface area contributed by atoms with Gasteiger partial charge < -0.3 is 27.2 Å². The SMILES string of the molecule is COc1ccc(NC(=O)C[n+]2cccc(C)c2)cc1OC.[Cl-]. The van der Waals surface area contributed by atoms with Crippen molar-refractivity contribution in [2.24, 2.45) is 0 Å². The number of pyridine rings is 1. The molecule has 6 heteroatoms. The Balaban J connectivity index is 0.00000242. The average Bonchev–Trinajstić information content (AvgIpc) is 2.47. The van der Waals surface area contributed by atoms with E-state index in [2.05, 4.69) is 5.32 Å². The number of amides is 1. The molecule has 0 spiro atoms. The first-order valence-corrected chi connectivity index (χ1v) is 6.60. The Morgan fingerprint density at radius 3 is 2.55 bits per heavy atom. The highest BCUT2D eigenvalue weighted by atomic mass is 35.5. The largest absolute Gasteiger partial charge is 1.00 e. The molecule has 1 aromatic carbocycles. The summed E-state index contributed by atoms with van der Waals surface area (Å²) in [6, 6.07) is 9.17. The van der Waals surface area contributed by atoms with E-state index < -0.39 is 0 Å². The minimum atomic E-state index is -0.0992. The van der Waals surface area contributed by atoms with Crippen molar-refractivity contribution in [3.05, 3.63) is 48.3 Å². The lowest BCUT2D eigenvalue weighted by molar-refractivity contribution is -0.684. The molecule has 0 saturated heterocycles. The minimum Gasteiger partial charge on any atom is -1.00 e. The van der Waals surface area contributed by atoms with Crippen LogP contribution in [0.1, 0.15) is 5.56 Å². The Kier molecular flexibility index (Phi) is 6.66. The topological polar surface area (TPSA) is 51.4 Å². The Hall–Kier alpha value is -2.27. The molecule has 0 fully saturated rings. The molecule has 0 aliphatic carbocycles. The Morgan fingerprint density at radius 2 is 1.91 bits per heavy atom. The molecular formula is C16H19ClN2O3. The van der Waals surface area contributed by atoms with E-state index in [1.54, 1.807) is 32.4 Å². The summed E-state index contributed by atoms with van der Waals surface area (Å²) in [5, 5.41) is 2.84. The summed E-state index contributed by atoms with van der Waals surface area (Å²) in [4.78, 5) is 12.0. The lowest BCUT2D eigenvalue weighted by atomic mass is 10.2. The van der Waals surface area contributed by atoms with Crippen molar-refractivity contribution in [1.29, 1.82) is 0 Å². The monoisotopic (exact) mass is 322 g/mol. The smallest absolute Gasteiger partial charge is 0.290 e.